The Labute approximate surface area is 163 Å². The van der Waals surface area contributed by atoms with Crippen LogP contribution in [0.2, 0.25) is 0 Å². The Hall–Kier alpha value is -2.29. The third-order valence-electron chi connectivity index (χ3n) is 6.02. The molecule has 0 aromatic heterocycles. The van der Waals surface area contributed by atoms with Gasteiger partial charge in [-0.1, -0.05) is 12.1 Å². The van der Waals surface area contributed by atoms with E-state index in [4.69, 9.17) is 5.73 Å². The number of benzene rings is 1. The summed E-state index contributed by atoms with van der Waals surface area (Å²) in [5.74, 6) is -0.683. The molecular weight excluding hydrogens is 360 g/mol. The molecule has 1 aromatic rings. The van der Waals surface area contributed by atoms with E-state index < -0.39 is 11.9 Å². The predicted molar refractivity (Wildman–Crippen MR) is 101 cm³/mol. The molecule has 2 fully saturated rings. The number of imide groups is 1. The van der Waals surface area contributed by atoms with E-state index in [2.05, 4.69) is 10.6 Å². The van der Waals surface area contributed by atoms with Crippen LogP contribution in [0.4, 0.5) is 0 Å². The summed E-state index contributed by atoms with van der Waals surface area (Å²) in [4.78, 5) is 37.8. The van der Waals surface area contributed by atoms with Crippen LogP contribution >= 0.6 is 0 Å². The van der Waals surface area contributed by atoms with Crippen molar-refractivity contribution in [3.8, 4) is 0 Å². The van der Waals surface area contributed by atoms with E-state index in [0.717, 1.165) is 17.5 Å². The molecule has 1 saturated heterocycles. The van der Waals surface area contributed by atoms with Crippen molar-refractivity contribution in [2.75, 3.05) is 6.54 Å². The molecule has 2 heterocycles. The van der Waals surface area contributed by atoms with Crippen molar-refractivity contribution >= 4 is 17.7 Å². The van der Waals surface area contributed by atoms with Crippen molar-refractivity contribution in [3.05, 3.63) is 34.9 Å². The fraction of sp³-hybridized carbons (Fsp3) is 0.550. The van der Waals surface area contributed by atoms with Crippen LogP contribution < -0.4 is 16.4 Å². The lowest BCUT2D eigenvalue weighted by Gasteiger charge is -2.29. The first kappa shape index (κ1) is 19.0. The minimum atomic E-state index is -0.591. The third kappa shape index (κ3) is 3.67. The smallest absolute Gasteiger partial charge is 0.255 e. The van der Waals surface area contributed by atoms with E-state index in [1.807, 2.05) is 18.2 Å². The maximum absolute atomic E-state index is 12.8. The van der Waals surface area contributed by atoms with Gasteiger partial charge in [-0.25, -0.2) is 0 Å². The second kappa shape index (κ2) is 7.62. The number of amides is 3. The summed E-state index contributed by atoms with van der Waals surface area (Å²) >= 11 is 0. The van der Waals surface area contributed by atoms with Crippen LogP contribution in [-0.2, 0) is 22.7 Å². The molecule has 1 aromatic carbocycles. The van der Waals surface area contributed by atoms with Gasteiger partial charge in [0.2, 0.25) is 11.8 Å². The molecule has 5 N–H and O–H groups in total. The molecule has 8 heteroatoms. The molecule has 4 rings (SSSR count). The maximum atomic E-state index is 12.8. The van der Waals surface area contributed by atoms with Gasteiger partial charge in [-0.2, -0.15) is 0 Å². The lowest BCUT2D eigenvalue weighted by atomic mass is 10.0. The fourth-order valence-corrected chi connectivity index (χ4v) is 4.48. The van der Waals surface area contributed by atoms with Crippen LogP contribution in [-0.4, -0.2) is 52.5 Å². The molecule has 3 amide bonds. The van der Waals surface area contributed by atoms with Crippen molar-refractivity contribution in [2.45, 2.75) is 57.0 Å². The topological polar surface area (TPSA) is 125 Å². The molecule has 28 heavy (non-hydrogen) atoms. The number of aliphatic hydroxyl groups is 1. The Balaban J connectivity index is 1.37. The monoisotopic (exact) mass is 386 g/mol. The largest absolute Gasteiger partial charge is 0.393 e. The first-order valence-corrected chi connectivity index (χ1v) is 9.83. The minimum absolute atomic E-state index is 0.0673. The summed E-state index contributed by atoms with van der Waals surface area (Å²) < 4.78 is 0. The van der Waals surface area contributed by atoms with Crippen molar-refractivity contribution in [3.63, 3.8) is 0 Å². The van der Waals surface area contributed by atoms with E-state index in [-0.39, 0.29) is 36.3 Å². The average Bonchev–Trinajstić information content (AvgIpc) is 3.14. The normalized spacial score (nSPS) is 29.9. The number of hydrogen-bond acceptors (Lipinski definition) is 6. The van der Waals surface area contributed by atoms with Gasteiger partial charge in [-0.05, 0) is 42.4 Å². The molecule has 1 aliphatic carbocycles. The summed E-state index contributed by atoms with van der Waals surface area (Å²) in [6.07, 6.45) is 1.73. The average molecular weight is 386 g/mol. The molecule has 1 saturated carbocycles. The van der Waals surface area contributed by atoms with E-state index >= 15 is 0 Å². The zero-order chi connectivity index (χ0) is 19.8. The molecule has 0 spiro atoms. The Kier molecular flexibility index (Phi) is 5.18. The molecule has 4 atom stereocenters. The highest BCUT2D eigenvalue weighted by Gasteiger charge is 2.39. The third-order valence-corrected chi connectivity index (χ3v) is 6.02. The van der Waals surface area contributed by atoms with Crippen molar-refractivity contribution in [1.29, 1.82) is 0 Å². The zero-order valence-electron chi connectivity index (χ0n) is 15.7. The lowest BCUT2D eigenvalue weighted by molar-refractivity contribution is -0.136. The maximum Gasteiger partial charge on any atom is 0.255 e. The van der Waals surface area contributed by atoms with Gasteiger partial charge in [-0.3, -0.25) is 19.7 Å². The van der Waals surface area contributed by atoms with Crippen LogP contribution in [0.1, 0.15) is 47.2 Å². The fourth-order valence-electron chi connectivity index (χ4n) is 4.48. The highest BCUT2D eigenvalue weighted by Crippen LogP contribution is 2.28. The predicted octanol–water partition coefficient (Wildman–Crippen LogP) is -0.365. The molecule has 1 unspecified atom stereocenters. The van der Waals surface area contributed by atoms with Gasteiger partial charge in [0.25, 0.3) is 5.91 Å². The Bertz CT molecular complexity index is 811. The van der Waals surface area contributed by atoms with E-state index in [0.29, 0.717) is 38.0 Å². The van der Waals surface area contributed by atoms with E-state index in [1.54, 1.807) is 4.90 Å². The number of nitrogens with two attached hydrogens (primary N) is 1. The summed E-state index contributed by atoms with van der Waals surface area (Å²) in [6, 6.07) is 5.25. The Morgan fingerprint density at radius 1 is 1.25 bits per heavy atom. The van der Waals surface area contributed by atoms with Crippen LogP contribution in [0, 0.1) is 5.92 Å². The molecule has 2 aliphatic heterocycles. The zero-order valence-corrected chi connectivity index (χ0v) is 15.7. The molecular formula is C20H26N4O4. The quantitative estimate of drug-likeness (QED) is 0.512. The number of hydrogen-bond donors (Lipinski definition) is 4. The van der Waals surface area contributed by atoms with Crippen LogP contribution in [0.25, 0.3) is 0 Å². The number of aliphatic hydroxyl groups excluding tert-OH is 1. The summed E-state index contributed by atoms with van der Waals surface area (Å²) in [7, 11) is 0. The van der Waals surface area contributed by atoms with E-state index in [9.17, 15) is 19.5 Å². The molecule has 150 valence electrons. The number of fused-ring (bicyclic) bond motifs is 1. The molecule has 8 nitrogen and oxygen atoms in total. The SMILES string of the molecule is N[C@H]1C[C@H](CNCc2ccc3c(c2)C(=O)N(C2CCC(=O)NC2=O)C3)[C@H](O)C1. The second-order valence-corrected chi connectivity index (χ2v) is 8.08. The van der Waals surface area contributed by atoms with Crippen molar-refractivity contribution in [2.24, 2.45) is 11.7 Å². The highest BCUT2D eigenvalue weighted by atomic mass is 16.3. The van der Waals surface area contributed by atoms with Gasteiger partial charge in [0.1, 0.15) is 6.04 Å². The van der Waals surface area contributed by atoms with Gasteiger partial charge in [0.15, 0.2) is 0 Å². The number of nitrogens with one attached hydrogen (secondary N) is 2. The summed E-state index contributed by atoms with van der Waals surface area (Å²) in [5.41, 5.74) is 8.39. The van der Waals surface area contributed by atoms with Gasteiger partial charge in [-0.15, -0.1) is 0 Å². The first-order valence-electron chi connectivity index (χ1n) is 9.83. The summed E-state index contributed by atoms with van der Waals surface area (Å²) in [6.45, 7) is 1.67. The number of carbonyl (C=O) groups excluding carboxylic acids is 3. The van der Waals surface area contributed by atoms with Gasteiger partial charge in [0.05, 0.1) is 6.10 Å². The highest BCUT2D eigenvalue weighted by molar-refractivity contribution is 6.05. The number of piperidine rings is 1. The standard InChI is InChI=1S/C20H26N4O4/c21-14-6-13(17(25)7-14)9-22-8-11-1-2-12-10-24(20(28)15(12)5-11)16-3-4-18(26)23-19(16)27/h1-2,5,13-14,16-17,22,25H,3-4,6-10,21H2,(H,23,26,27)/t13-,14+,16?,17-/m1/s1. The molecule has 0 radical (unpaired) electrons. The first-order chi connectivity index (χ1) is 13.4. The number of rotatable bonds is 5. The Morgan fingerprint density at radius 3 is 2.79 bits per heavy atom. The lowest BCUT2D eigenvalue weighted by Crippen LogP contribution is -2.52. The van der Waals surface area contributed by atoms with Crippen molar-refractivity contribution < 1.29 is 19.5 Å². The number of nitrogens with zero attached hydrogens (tertiary/aromatic N) is 1. The van der Waals surface area contributed by atoms with E-state index in [1.165, 1.54) is 0 Å². The molecule has 3 aliphatic rings. The van der Waals surface area contributed by atoms with Gasteiger partial charge < -0.3 is 21.1 Å². The number of carbonyl (C=O) groups is 3. The second-order valence-electron chi connectivity index (χ2n) is 8.08. The van der Waals surface area contributed by atoms with Crippen LogP contribution in [0.3, 0.4) is 0 Å². The van der Waals surface area contributed by atoms with Gasteiger partial charge in [0, 0.05) is 37.7 Å². The van der Waals surface area contributed by atoms with Gasteiger partial charge >= 0.3 is 0 Å². The Morgan fingerprint density at radius 2 is 2.07 bits per heavy atom. The summed E-state index contributed by atoms with van der Waals surface area (Å²) in [5, 5.41) is 15.6. The van der Waals surface area contributed by atoms with Crippen molar-refractivity contribution in [1.82, 2.24) is 15.5 Å². The van der Waals surface area contributed by atoms with Crippen LogP contribution in [0.5, 0.6) is 0 Å². The molecule has 0 bridgehead atoms. The minimum Gasteiger partial charge on any atom is -0.393 e. The van der Waals surface area contributed by atoms with Crippen LogP contribution in [0.15, 0.2) is 18.2 Å².